The summed E-state index contributed by atoms with van der Waals surface area (Å²) in [5.74, 6) is 0.649. The van der Waals surface area contributed by atoms with Gasteiger partial charge in [-0.05, 0) is 38.0 Å². The Morgan fingerprint density at radius 3 is 2.47 bits per heavy atom. The van der Waals surface area contributed by atoms with E-state index in [2.05, 4.69) is 54.5 Å². The zero-order valence-corrected chi connectivity index (χ0v) is 11.4. The number of rotatable bonds is 3. The van der Waals surface area contributed by atoms with Gasteiger partial charge in [0, 0.05) is 12.2 Å². The molecule has 0 aliphatic heterocycles. The molecule has 0 aliphatic rings. The van der Waals surface area contributed by atoms with Crippen LogP contribution in [0.25, 0.3) is 0 Å². The Labute approximate surface area is 113 Å². The van der Waals surface area contributed by atoms with E-state index in [1.54, 1.807) is 6.20 Å². The van der Waals surface area contributed by atoms with Crippen LogP contribution >= 0.6 is 0 Å². The molecule has 1 unspecified atom stereocenters. The van der Waals surface area contributed by atoms with Crippen LogP contribution in [0.2, 0.25) is 0 Å². The van der Waals surface area contributed by atoms with Crippen LogP contribution in [-0.2, 0) is 0 Å². The zero-order valence-electron chi connectivity index (χ0n) is 11.4. The first-order valence-electron chi connectivity index (χ1n) is 6.30. The summed E-state index contributed by atoms with van der Waals surface area (Å²) in [6.45, 7) is 6.05. The number of pyridine rings is 1. The number of benzene rings is 1. The molecule has 1 atom stereocenters. The lowest BCUT2D eigenvalue weighted by atomic mass is 10.1. The van der Waals surface area contributed by atoms with Crippen LogP contribution in [0.1, 0.15) is 35.2 Å². The maximum absolute atomic E-state index is 9.19. The average Bonchev–Trinajstić information content (AvgIpc) is 2.39. The number of aryl methyl sites for hydroxylation is 2. The molecule has 1 N–H and O–H groups in total. The monoisotopic (exact) mass is 251 g/mol. The third-order valence-corrected chi connectivity index (χ3v) is 3.20. The average molecular weight is 251 g/mol. The molecule has 1 heterocycles. The van der Waals surface area contributed by atoms with Crippen LogP contribution in [0, 0.1) is 25.2 Å². The van der Waals surface area contributed by atoms with Gasteiger partial charge < -0.3 is 5.32 Å². The molecule has 0 bridgehead atoms. The summed E-state index contributed by atoms with van der Waals surface area (Å²) in [6.07, 6.45) is 1.72. The van der Waals surface area contributed by atoms with Crippen molar-refractivity contribution in [2.24, 2.45) is 0 Å². The van der Waals surface area contributed by atoms with E-state index >= 15 is 0 Å². The fraction of sp³-hybridized carbons (Fsp3) is 0.250. The predicted molar refractivity (Wildman–Crippen MR) is 76.9 cm³/mol. The van der Waals surface area contributed by atoms with Gasteiger partial charge in [-0.25, -0.2) is 4.98 Å². The van der Waals surface area contributed by atoms with Gasteiger partial charge in [-0.1, -0.05) is 29.8 Å². The fourth-order valence-corrected chi connectivity index (χ4v) is 1.95. The van der Waals surface area contributed by atoms with Crippen molar-refractivity contribution in [1.29, 1.82) is 5.26 Å². The van der Waals surface area contributed by atoms with E-state index in [1.807, 2.05) is 13.0 Å². The van der Waals surface area contributed by atoms with Crippen molar-refractivity contribution >= 4 is 5.82 Å². The minimum Gasteiger partial charge on any atom is -0.362 e. The SMILES string of the molecule is Cc1ccc(C(C)Nc2nccc(C)c2C#N)cc1. The Morgan fingerprint density at radius 2 is 1.84 bits per heavy atom. The highest BCUT2D eigenvalue weighted by Gasteiger charge is 2.10. The minimum absolute atomic E-state index is 0.113. The van der Waals surface area contributed by atoms with Gasteiger partial charge in [0.2, 0.25) is 0 Å². The Bertz CT molecular complexity index is 609. The van der Waals surface area contributed by atoms with Crippen molar-refractivity contribution in [3.05, 3.63) is 58.8 Å². The molecule has 96 valence electrons. The second-order valence-corrected chi connectivity index (χ2v) is 4.74. The molecular weight excluding hydrogens is 234 g/mol. The number of hydrogen-bond acceptors (Lipinski definition) is 3. The first kappa shape index (κ1) is 13.1. The summed E-state index contributed by atoms with van der Waals surface area (Å²) in [7, 11) is 0. The largest absolute Gasteiger partial charge is 0.362 e. The molecule has 3 heteroatoms. The zero-order chi connectivity index (χ0) is 13.8. The number of hydrogen-bond donors (Lipinski definition) is 1. The highest BCUT2D eigenvalue weighted by Crippen LogP contribution is 2.22. The van der Waals surface area contributed by atoms with E-state index in [-0.39, 0.29) is 6.04 Å². The van der Waals surface area contributed by atoms with Gasteiger partial charge in [0.15, 0.2) is 0 Å². The fourth-order valence-electron chi connectivity index (χ4n) is 1.95. The molecule has 1 aromatic heterocycles. The summed E-state index contributed by atoms with van der Waals surface area (Å²) in [4.78, 5) is 4.26. The van der Waals surface area contributed by atoms with Crippen molar-refractivity contribution in [2.75, 3.05) is 5.32 Å². The van der Waals surface area contributed by atoms with Crippen LogP contribution in [-0.4, -0.2) is 4.98 Å². The predicted octanol–water partition coefficient (Wildman–Crippen LogP) is 3.74. The van der Waals surface area contributed by atoms with Crippen LogP contribution in [0.4, 0.5) is 5.82 Å². The highest BCUT2D eigenvalue weighted by atomic mass is 15.0. The van der Waals surface area contributed by atoms with E-state index in [1.165, 1.54) is 11.1 Å². The number of nitrogens with zero attached hydrogens (tertiary/aromatic N) is 2. The first-order valence-corrected chi connectivity index (χ1v) is 6.30. The lowest BCUT2D eigenvalue weighted by Crippen LogP contribution is -2.09. The third-order valence-electron chi connectivity index (χ3n) is 3.20. The van der Waals surface area contributed by atoms with Gasteiger partial charge in [0.05, 0.1) is 5.56 Å². The van der Waals surface area contributed by atoms with Crippen molar-refractivity contribution in [1.82, 2.24) is 4.98 Å². The molecule has 3 nitrogen and oxygen atoms in total. The minimum atomic E-state index is 0.113. The van der Waals surface area contributed by atoms with Crippen LogP contribution in [0.3, 0.4) is 0 Å². The van der Waals surface area contributed by atoms with Gasteiger partial charge in [0.25, 0.3) is 0 Å². The summed E-state index contributed by atoms with van der Waals surface area (Å²) < 4.78 is 0. The second-order valence-electron chi connectivity index (χ2n) is 4.74. The van der Waals surface area contributed by atoms with Crippen molar-refractivity contribution in [2.45, 2.75) is 26.8 Å². The first-order chi connectivity index (χ1) is 9.11. The van der Waals surface area contributed by atoms with E-state index in [9.17, 15) is 5.26 Å². The van der Waals surface area contributed by atoms with Gasteiger partial charge in [-0.2, -0.15) is 5.26 Å². The molecule has 1 aromatic carbocycles. The molecule has 2 aromatic rings. The molecule has 0 saturated heterocycles. The lowest BCUT2D eigenvalue weighted by Gasteiger charge is -2.16. The van der Waals surface area contributed by atoms with E-state index in [4.69, 9.17) is 0 Å². The number of aromatic nitrogens is 1. The molecule has 0 amide bonds. The van der Waals surface area contributed by atoms with E-state index in [0.717, 1.165) is 5.56 Å². The Balaban J connectivity index is 2.24. The Morgan fingerprint density at radius 1 is 1.16 bits per heavy atom. The quantitative estimate of drug-likeness (QED) is 0.904. The normalized spacial score (nSPS) is 11.7. The van der Waals surface area contributed by atoms with Gasteiger partial charge in [-0.15, -0.1) is 0 Å². The Kier molecular flexibility index (Phi) is 3.82. The summed E-state index contributed by atoms with van der Waals surface area (Å²) >= 11 is 0. The highest BCUT2D eigenvalue weighted by molar-refractivity contribution is 5.56. The lowest BCUT2D eigenvalue weighted by molar-refractivity contribution is 0.872. The van der Waals surface area contributed by atoms with Crippen molar-refractivity contribution < 1.29 is 0 Å². The molecule has 19 heavy (non-hydrogen) atoms. The topological polar surface area (TPSA) is 48.7 Å². The molecule has 2 rings (SSSR count). The Hall–Kier alpha value is -2.34. The van der Waals surface area contributed by atoms with Crippen molar-refractivity contribution in [3.8, 4) is 6.07 Å². The molecule has 0 radical (unpaired) electrons. The summed E-state index contributed by atoms with van der Waals surface area (Å²) in [5, 5.41) is 12.5. The van der Waals surface area contributed by atoms with Crippen molar-refractivity contribution in [3.63, 3.8) is 0 Å². The summed E-state index contributed by atoms with van der Waals surface area (Å²) in [5.41, 5.74) is 3.97. The molecule has 0 saturated carbocycles. The maximum Gasteiger partial charge on any atom is 0.144 e. The number of anilines is 1. The van der Waals surface area contributed by atoms with E-state index < -0.39 is 0 Å². The molecule has 0 spiro atoms. The van der Waals surface area contributed by atoms with Gasteiger partial charge in [-0.3, -0.25) is 0 Å². The van der Waals surface area contributed by atoms with E-state index in [0.29, 0.717) is 11.4 Å². The van der Waals surface area contributed by atoms with Gasteiger partial charge >= 0.3 is 0 Å². The smallest absolute Gasteiger partial charge is 0.144 e. The molecular formula is C16H17N3. The summed E-state index contributed by atoms with van der Waals surface area (Å²) in [6, 6.07) is 12.5. The number of nitriles is 1. The second kappa shape index (κ2) is 5.53. The number of nitrogens with one attached hydrogen (secondary N) is 1. The van der Waals surface area contributed by atoms with Crippen LogP contribution in [0.15, 0.2) is 36.5 Å². The third kappa shape index (κ3) is 2.92. The molecule has 0 aliphatic carbocycles. The van der Waals surface area contributed by atoms with Crippen LogP contribution < -0.4 is 5.32 Å². The molecule has 0 fully saturated rings. The standard InChI is InChI=1S/C16H17N3/c1-11-4-6-14(7-5-11)13(3)19-16-15(10-17)12(2)8-9-18-16/h4-9,13H,1-3H3,(H,18,19). The van der Waals surface area contributed by atoms with Crippen LogP contribution in [0.5, 0.6) is 0 Å². The van der Waals surface area contributed by atoms with Gasteiger partial charge in [0.1, 0.15) is 11.9 Å². The maximum atomic E-state index is 9.19.